The van der Waals surface area contributed by atoms with Crippen LogP contribution in [-0.4, -0.2) is 32.3 Å². The molecule has 216 valence electrons. The Bertz CT molecular complexity index is 1540. The van der Waals surface area contributed by atoms with Crippen LogP contribution in [0, 0.1) is 0 Å². The standard InChI is InChI=1S/C31H31F3N2O4S/c32-31(33,34)29(25-16-8-3-9-17-25,20-23-12-4-1-5-13-23)30(28(37)21-35,41(36,38)39)26-18-10-11-19-27(26)40-22-24-14-6-2-7-15-24/h1-19,28,37H,20-22,35H2,(H2,36,38,39). The highest BCUT2D eigenvalue weighted by atomic mass is 32.2. The zero-order valence-electron chi connectivity index (χ0n) is 22.0. The summed E-state index contributed by atoms with van der Waals surface area (Å²) >= 11 is 0. The normalized spacial score (nSPS) is 15.9. The van der Waals surface area contributed by atoms with Gasteiger partial charge in [-0.3, -0.25) is 0 Å². The van der Waals surface area contributed by atoms with E-state index in [2.05, 4.69) is 0 Å². The van der Waals surface area contributed by atoms with Crippen LogP contribution in [0.2, 0.25) is 0 Å². The van der Waals surface area contributed by atoms with Crippen molar-refractivity contribution < 1.29 is 31.4 Å². The van der Waals surface area contributed by atoms with Crippen LogP contribution in [0.3, 0.4) is 0 Å². The van der Waals surface area contributed by atoms with Gasteiger partial charge in [-0.25, -0.2) is 13.6 Å². The van der Waals surface area contributed by atoms with Crippen LogP contribution < -0.4 is 15.6 Å². The van der Waals surface area contributed by atoms with Gasteiger partial charge < -0.3 is 15.6 Å². The summed E-state index contributed by atoms with van der Waals surface area (Å²) in [6, 6.07) is 28.6. The average molecular weight is 585 g/mol. The van der Waals surface area contributed by atoms with Crippen LogP contribution in [0.5, 0.6) is 5.75 Å². The van der Waals surface area contributed by atoms with E-state index in [1.165, 1.54) is 66.7 Å². The van der Waals surface area contributed by atoms with Crippen molar-refractivity contribution in [3.63, 3.8) is 0 Å². The first-order valence-electron chi connectivity index (χ1n) is 12.8. The van der Waals surface area contributed by atoms with Crippen LogP contribution in [0.25, 0.3) is 0 Å². The summed E-state index contributed by atoms with van der Waals surface area (Å²) in [7, 11) is -5.34. The van der Waals surface area contributed by atoms with E-state index in [9.17, 15) is 13.5 Å². The fourth-order valence-electron chi connectivity index (χ4n) is 5.63. The Morgan fingerprint density at radius 2 is 1.24 bits per heavy atom. The number of halogens is 3. The Morgan fingerprint density at radius 1 is 0.756 bits per heavy atom. The zero-order chi connectivity index (χ0) is 29.7. The van der Waals surface area contributed by atoms with Crippen LogP contribution in [0.1, 0.15) is 22.3 Å². The minimum absolute atomic E-state index is 0.0830. The highest BCUT2D eigenvalue weighted by Crippen LogP contribution is 2.60. The summed E-state index contributed by atoms with van der Waals surface area (Å²) in [5, 5.41) is 17.4. The number of alkyl halides is 3. The predicted molar refractivity (Wildman–Crippen MR) is 151 cm³/mol. The molecule has 6 nitrogen and oxygen atoms in total. The quantitative estimate of drug-likeness (QED) is 0.234. The summed E-state index contributed by atoms with van der Waals surface area (Å²) in [6.07, 6.45) is -8.45. The molecule has 0 aliphatic carbocycles. The third-order valence-corrected chi connectivity index (χ3v) is 9.10. The smallest absolute Gasteiger partial charge is 0.400 e. The van der Waals surface area contributed by atoms with Crippen molar-refractivity contribution in [2.24, 2.45) is 10.9 Å². The van der Waals surface area contributed by atoms with Gasteiger partial charge in [0.1, 0.15) is 17.8 Å². The molecule has 0 saturated heterocycles. The van der Waals surface area contributed by atoms with Crippen LogP contribution in [-0.2, 0) is 33.2 Å². The second kappa shape index (κ2) is 12.0. The Balaban J connectivity index is 2.15. The minimum Gasteiger partial charge on any atom is -0.489 e. The van der Waals surface area contributed by atoms with Gasteiger partial charge in [0.25, 0.3) is 0 Å². The first-order chi connectivity index (χ1) is 19.5. The lowest BCUT2D eigenvalue weighted by molar-refractivity contribution is -0.212. The van der Waals surface area contributed by atoms with Gasteiger partial charge in [0, 0.05) is 12.1 Å². The van der Waals surface area contributed by atoms with Crippen molar-refractivity contribution in [3.05, 3.63) is 138 Å². The molecule has 3 atom stereocenters. The number of sulfonamides is 1. The highest BCUT2D eigenvalue weighted by molar-refractivity contribution is 7.90. The molecule has 0 fully saturated rings. The number of benzene rings is 4. The molecule has 0 spiro atoms. The largest absolute Gasteiger partial charge is 0.489 e. The van der Waals surface area contributed by atoms with Gasteiger partial charge in [0.15, 0.2) is 4.75 Å². The molecule has 0 amide bonds. The van der Waals surface area contributed by atoms with Crippen molar-refractivity contribution in [1.82, 2.24) is 0 Å². The Hall–Kier alpha value is -3.70. The lowest BCUT2D eigenvalue weighted by Crippen LogP contribution is -2.70. The maximum absolute atomic E-state index is 16.0. The van der Waals surface area contributed by atoms with Crippen molar-refractivity contribution >= 4 is 10.0 Å². The number of aliphatic hydroxyl groups is 1. The topological polar surface area (TPSA) is 116 Å². The van der Waals surface area contributed by atoms with Gasteiger partial charge in [-0.05, 0) is 29.2 Å². The van der Waals surface area contributed by atoms with E-state index in [0.717, 1.165) is 0 Å². The Labute approximate surface area is 237 Å². The van der Waals surface area contributed by atoms with Crippen molar-refractivity contribution in [2.75, 3.05) is 6.54 Å². The van der Waals surface area contributed by atoms with E-state index in [4.69, 9.17) is 15.6 Å². The second-order valence-corrected chi connectivity index (χ2v) is 11.5. The zero-order valence-corrected chi connectivity index (χ0v) is 22.9. The Morgan fingerprint density at radius 3 is 1.76 bits per heavy atom. The van der Waals surface area contributed by atoms with Crippen LogP contribution >= 0.6 is 0 Å². The molecule has 41 heavy (non-hydrogen) atoms. The second-order valence-electron chi connectivity index (χ2n) is 9.73. The Kier molecular flexibility index (Phi) is 8.89. The van der Waals surface area contributed by atoms with E-state index < -0.39 is 56.6 Å². The number of para-hydroxylation sites is 1. The van der Waals surface area contributed by atoms with E-state index in [1.807, 2.05) is 0 Å². The van der Waals surface area contributed by atoms with Crippen LogP contribution in [0.15, 0.2) is 115 Å². The van der Waals surface area contributed by atoms with Gasteiger partial charge >= 0.3 is 6.18 Å². The molecule has 0 aromatic heterocycles. The summed E-state index contributed by atoms with van der Waals surface area (Å²) in [5.41, 5.74) is 2.53. The van der Waals surface area contributed by atoms with Crippen molar-refractivity contribution in [2.45, 2.75) is 35.5 Å². The van der Waals surface area contributed by atoms with Gasteiger partial charge in [0.05, 0.1) is 6.10 Å². The fraction of sp³-hybridized carbons (Fsp3) is 0.226. The van der Waals surface area contributed by atoms with Crippen LogP contribution in [0.4, 0.5) is 13.2 Å². The fourth-order valence-corrected chi connectivity index (χ4v) is 7.37. The summed E-state index contributed by atoms with van der Waals surface area (Å²) in [5.74, 6) is -0.185. The molecule has 0 bridgehead atoms. The summed E-state index contributed by atoms with van der Waals surface area (Å²) in [4.78, 5) is 0. The first kappa shape index (κ1) is 30.3. The lowest BCUT2D eigenvalue weighted by atomic mass is 9.60. The molecule has 0 aliphatic rings. The number of ether oxygens (including phenoxy) is 1. The molecule has 0 heterocycles. The predicted octanol–water partition coefficient (Wildman–Crippen LogP) is 4.81. The molecule has 4 aromatic rings. The molecular weight excluding hydrogens is 553 g/mol. The van der Waals surface area contributed by atoms with E-state index in [0.29, 0.717) is 5.56 Å². The van der Waals surface area contributed by atoms with E-state index in [-0.39, 0.29) is 17.9 Å². The number of hydrogen-bond acceptors (Lipinski definition) is 5. The summed E-state index contributed by atoms with van der Waals surface area (Å²) in [6.45, 7) is -0.927. The molecule has 4 rings (SSSR count). The summed E-state index contributed by atoms with van der Waals surface area (Å²) < 4.78 is 78.7. The first-order valence-corrected chi connectivity index (χ1v) is 14.4. The van der Waals surface area contributed by atoms with Gasteiger partial charge in [0.2, 0.25) is 10.0 Å². The SMILES string of the molecule is NCC(O)C(c1ccccc1OCc1ccccc1)(C(Cc1ccccc1)(c1ccccc1)C(F)(F)F)S(N)(=O)=O. The maximum atomic E-state index is 16.0. The number of rotatable bonds is 11. The molecule has 0 saturated carbocycles. The number of primary sulfonamides is 1. The monoisotopic (exact) mass is 584 g/mol. The third-order valence-electron chi connectivity index (χ3n) is 7.36. The van der Waals surface area contributed by atoms with Gasteiger partial charge in [-0.15, -0.1) is 0 Å². The maximum Gasteiger partial charge on any atom is 0.400 e. The van der Waals surface area contributed by atoms with Crippen molar-refractivity contribution in [3.8, 4) is 5.75 Å². The molecule has 0 aliphatic heterocycles. The minimum atomic E-state index is -5.34. The third kappa shape index (κ3) is 5.48. The number of aliphatic hydroxyl groups excluding tert-OH is 1. The molecule has 4 aromatic carbocycles. The molecular formula is C31H31F3N2O4S. The van der Waals surface area contributed by atoms with E-state index >= 15 is 13.2 Å². The van der Waals surface area contributed by atoms with Crippen molar-refractivity contribution in [1.29, 1.82) is 0 Å². The van der Waals surface area contributed by atoms with Gasteiger partial charge in [-0.2, -0.15) is 13.2 Å². The highest BCUT2D eigenvalue weighted by Gasteiger charge is 2.75. The number of hydrogen-bond donors (Lipinski definition) is 3. The molecule has 3 unspecified atom stereocenters. The molecule has 0 radical (unpaired) electrons. The average Bonchev–Trinajstić information content (AvgIpc) is 2.96. The molecule has 10 heteroatoms. The van der Waals surface area contributed by atoms with Gasteiger partial charge in [-0.1, -0.05) is 109 Å². The van der Waals surface area contributed by atoms with E-state index in [1.54, 1.807) is 48.5 Å². The lowest BCUT2D eigenvalue weighted by Gasteiger charge is -2.52. The molecule has 5 N–H and O–H groups in total. The number of nitrogens with two attached hydrogens (primary N) is 2.